The average Bonchev–Trinajstić information content (AvgIpc) is 2.66. The Balaban J connectivity index is 0.000000671. The number of hydrogen-bond acceptors (Lipinski definition) is 0. The van der Waals surface area contributed by atoms with Gasteiger partial charge in [-0.15, -0.1) is 0 Å². The number of hydrogen-bond donors (Lipinski definition) is 0. The van der Waals surface area contributed by atoms with Crippen molar-refractivity contribution in [2.75, 3.05) is 0 Å². The molecule has 0 aromatic heterocycles. The van der Waals surface area contributed by atoms with E-state index in [1.165, 1.54) is 25.7 Å². The summed E-state index contributed by atoms with van der Waals surface area (Å²) in [6.07, 6.45) is 4.81. The lowest BCUT2D eigenvalue weighted by Gasteiger charge is -2.29. The molecule has 0 saturated heterocycles. The van der Waals surface area contributed by atoms with Crippen LogP contribution in [0.5, 0.6) is 0 Å². The van der Waals surface area contributed by atoms with Crippen LogP contribution in [0, 0.1) is 5.92 Å². The van der Waals surface area contributed by atoms with E-state index in [0.29, 0.717) is 5.92 Å². The molecule has 0 spiro atoms. The molecule has 3 rings (SSSR count). The molecule has 0 heterocycles. The van der Waals surface area contributed by atoms with Gasteiger partial charge in [0.15, 0.2) is 0 Å². The molecule has 2 aromatic carbocycles. The second kappa shape index (κ2) is 11.1. The van der Waals surface area contributed by atoms with E-state index in [9.17, 15) is 0 Å². The lowest BCUT2D eigenvalue weighted by atomic mass is 9.76. The van der Waals surface area contributed by atoms with Crippen LogP contribution < -0.4 is 0 Å². The predicted molar refractivity (Wildman–Crippen MR) is 109 cm³/mol. The smallest absolute Gasteiger partial charge is 0.00930 e. The lowest BCUT2D eigenvalue weighted by Crippen LogP contribution is -2.17. The first kappa shape index (κ1) is 20.5. The molecule has 0 heteroatoms. The molecule has 0 aliphatic heterocycles. The van der Waals surface area contributed by atoms with Crippen molar-refractivity contribution in [3.8, 4) is 0 Å². The van der Waals surface area contributed by atoms with E-state index >= 15 is 0 Å². The van der Waals surface area contributed by atoms with Crippen LogP contribution in [0.1, 0.15) is 76.1 Å². The largest absolute Gasteiger partial charge is 0.0683 e. The molecule has 24 heavy (non-hydrogen) atoms. The number of rotatable bonds is 2. The average molecular weight is 325 g/mol. The Hall–Kier alpha value is -1.56. The SMILES string of the molecule is CC.CC.CCC(C)C1Cc2ccccc2CCc2ccccc21. The second-order valence-corrected chi connectivity index (χ2v) is 6.16. The zero-order valence-electron chi connectivity index (χ0n) is 16.6. The van der Waals surface area contributed by atoms with Crippen molar-refractivity contribution in [2.45, 2.75) is 73.1 Å². The van der Waals surface area contributed by atoms with Crippen LogP contribution >= 0.6 is 0 Å². The molecule has 2 aromatic rings. The Morgan fingerprint density at radius 1 is 0.792 bits per heavy atom. The molecular weight excluding hydrogens is 288 g/mol. The van der Waals surface area contributed by atoms with Gasteiger partial charge < -0.3 is 0 Å². The van der Waals surface area contributed by atoms with Crippen molar-refractivity contribution >= 4 is 0 Å². The zero-order valence-corrected chi connectivity index (χ0v) is 16.6. The van der Waals surface area contributed by atoms with E-state index in [0.717, 1.165) is 5.92 Å². The molecule has 132 valence electrons. The zero-order chi connectivity index (χ0) is 17.9. The quantitative estimate of drug-likeness (QED) is 0.547. The Morgan fingerprint density at radius 2 is 1.29 bits per heavy atom. The van der Waals surface area contributed by atoms with Crippen LogP contribution in [0.25, 0.3) is 0 Å². The molecule has 0 N–H and O–H groups in total. The molecule has 0 bridgehead atoms. The third-order valence-corrected chi connectivity index (χ3v) is 5.01. The maximum absolute atomic E-state index is 2.41. The summed E-state index contributed by atoms with van der Waals surface area (Å²) in [6.45, 7) is 12.7. The lowest BCUT2D eigenvalue weighted by molar-refractivity contribution is 0.437. The van der Waals surface area contributed by atoms with E-state index in [1.807, 2.05) is 27.7 Å². The van der Waals surface area contributed by atoms with Crippen molar-refractivity contribution in [3.05, 3.63) is 70.8 Å². The van der Waals surface area contributed by atoms with Crippen molar-refractivity contribution in [3.63, 3.8) is 0 Å². The van der Waals surface area contributed by atoms with Gasteiger partial charge in [0.1, 0.15) is 0 Å². The maximum Gasteiger partial charge on any atom is -0.00930 e. The van der Waals surface area contributed by atoms with Gasteiger partial charge in [-0.25, -0.2) is 0 Å². The van der Waals surface area contributed by atoms with Crippen molar-refractivity contribution < 1.29 is 0 Å². The Kier molecular flexibility index (Phi) is 9.45. The summed E-state index contributed by atoms with van der Waals surface area (Å²) < 4.78 is 0. The van der Waals surface area contributed by atoms with Gasteiger partial charge >= 0.3 is 0 Å². The van der Waals surface area contributed by atoms with Gasteiger partial charge in [0.2, 0.25) is 0 Å². The molecule has 0 saturated carbocycles. The highest BCUT2D eigenvalue weighted by atomic mass is 14.3. The Bertz CT molecular complexity index is 582. The first-order chi connectivity index (χ1) is 11.8. The first-order valence-corrected chi connectivity index (χ1v) is 9.94. The summed E-state index contributed by atoms with van der Waals surface area (Å²) >= 11 is 0. The number of fused-ring (bicyclic) bond motifs is 2. The summed E-state index contributed by atoms with van der Waals surface area (Å²) in [6, 6.07) is 18.1. The minimum Gasteiger partial charge on any atom is -0.0683 e. The van der Waals surface area contributed by atoms with Gasteiger partial charge in [-0.3, -0.25) is 0 Å². The van der Waals surface area contributed by atoms with E-state index < -0.39 is 0 Å². The summed E-state index contributed by atoms with van der Waals surface area (Å²) in [5, 5.41) is 0. The molecule has 1 aliphatic carbocycles. The van der Waals surface area contributed by atoms with Crippen LogP contribution in [-0.4, -0.2) is 0 Å². The fourth-order valence-corrected chi connectivity index (χ4v) is 3.53. The molecule has 2 unspecified atom stereocenters. The van der Waals surface area contributed by atoms with Crippen LogP contribution in [0.2, 0.25) is 0 Å². The molecule has 0 amide bonds. The van der Waals surface area contributed by atoms with Crippen LogP contribution in [0.15, 0.2) is 48.5 Å². The molecule has 2 atom stereocenters. The van der Waals surface area contributed by atoms with E-state index in [-0.39, 0.29) is 0 Å². The molecule has 0 radical (unpaired) electrons. The molecule has 1 aliphatic rings. The van der Waals surface area contributed by atoms with Gasteiger partial charge in [0.25, 0.3) is 0 Å². The van der Waals surface area contributed by atoms with Gasteiger partial charge in [0.05, 0.1) is 0 Å². The first-order valence-electron chi connectivity index (χ1n) is 9.94. The second-order valence-electron chi connectivity index (χ2n) is 6.16. The summed E-state index contributed by atoms with van der Waals surface area (Å²) in [7, 11) is 0. The number of benzene rings is 2. The summed E-state index contributed by atoms with van der Waals surface area (Å²) in [4.78, 5) is 0. The van der Waals surface area contributed by atoms with Gasteiger partial charge in [0, 0.05) is 0 Å². The third-order valence-electron chi connectivity index (χ3n) is 5.01. The topological polar surface area (TPSA) is 0 Å². The highest BCUT2D eigenvalue weighted by Gasteiger charge is 2.23. The van der Waals surface area contributed by atoms with E-state index in [2.05, 4.69) is 62.4 Å². The van der Waals surface area contributed by atoms with E-state index in [1.54, 1.807) is 22.3 Å². The van der Waals surface area contributed by atoms with E-state index in [4.69, 9.17) is 0 Å². The van der Waals surface area contributed by atoms with Crippen LogP contribution in [0.4, 0.5) is 0 Å². The monoisotopic (exact) mass is 324 g/mol. The van der Waals surface area contributed by atoms with Crippen LogP contribution in [-0.2, 0) is 19.3 Å². The fraction of sp³-hybridized carbons (Fsp3) is 0.500. The van der Waals surface area contributed by atoms with Gasteiger partial charge in [-0.1, -0.05) is 96.5 Å². The Morgan fingerprint density at radius 3 is 1.92 bits per heavy atom. The molecular formula is C24H36. The van der Waals surface area contributed by atoms with Crippen molar-refractivity contribution in [1.29, 1.82) is 0 Å². The molecule has 0 fully saturated rings. The van der Waals surface area contributed by atoms with Gasteiger partial charge in [-0.05, 0) is 53.4 Å². The number of aryl methyl sites for hydroxylation is 2. The minimum atomic E-state index is 0.664. The minimum absolute atomic E-state index is 0.664. The normalized spacial score (nSPS) is 16.7. The maximum atomic E-state index is 2.41. The fourth-order valence-electron chi connectivity index (χ4n) is 3.53. The van der Waals surface area contributed by atoms with Crippen molar-refractivity contribution in [1.82, 2.24) is 0 Å². The highest BCUT2D eigenvalue weighted by Crippen LogP contribution is 2.35. The Labute approximate surface area is 150 Å². The van der Waals surface area contributed by atoms with Crippen LogP contribution in [0.3, 0.4) is 0 Å². The summed E-state index contributed by atoms with van der Waals surface area (Å²) in [5.74, 6) is 1.40. The predicted octanol–water partition coefficient (Wildman–Crippen LogP) is 7.21. The van der Waals surface area contributed by atoms with Crippen molar-refractivity contribution in [2.24, 2.45) is 5.92 Å². The summed E-state index contributed by atoms with van der Waals surface area (Å²) in [5.41, 5.74) is 6.27. The third kappa shape index (κ3) is 4.97. The highest BCUT2D eigenvalue weighted by molar-refractivity contribution is 5.38. The standard InChI is InChI=1S/C20H24.2C2H6/c1-3-15(2)20-14-18-10-5-4-8-16(18)12-13-17-9-6-7-11-19(17)20;2*1-2/h4-11,15,20H,3,12-14H2,1-2H3;2*1-2H3. The van der Waals surface area contributed by atoms with Gasteiger partial charge in [-0.2, -0.15) is 0 Å². The molecule has 0 nitrogen and oxygen atoms in total.